The molecule has 114 valence electrons. The first-order valence-corrected chi connectivity index (χ1v) is 7.50. The van der Waals surface area contributed by atoms with Gasteiger partial charge in [-0.3, -0.25) is 0 Å². The van der Waals surface area contributed by atoms with Crippen LogP contribution < -0.4 is 10.6 Å². The van der Waals surface area contributed by atoms with Crippen molar-refractivity contribution in [2.75, 3.05) is 11.9 Å². The minimum absolute atomic E-state index is 0.290. The normalized spacial score (nSPS) is 11.1. The highest BCUT2D eigenvalue weighted by Gasteiger charge is 2.10. The van der Waals surface area contributed by atoms with Crippen molar-refractivity contribution in [3.63, 3.8) is 0 Å². The lowest BCUT2D eigenvalue weighted by molar-refractivity contribution is 0.460. The van der Waals surface area contributed by atoms with Crippen LogP contribution in [0.5, 0.6) is 0 Å². The van der Waals surface area contributed by atoms with Crippen molar-refractivity contribution in [3.05, 3.63) is 33.9 Å². The smallest absolute Gasteiger partial charge is 0.320 e. The summed E-state index contributed by atoms with van der Waals surface area (Å²) < 4.78 is 19.2. The third kappa shape index (κ3) is 4.50. The van der Waals surface area contributed by atoms with Crippen molar-refractivity contribution >= 4 is 27.6 Å². The third-order valence-corrected chi connectivity index (χ3v) is 3.41. The van der Waals surface area contributed by atoms with Crippen molar-refractivity contribution in [1.29, 1.82) is 0 Å². The highest BCUT2D eigenvalue weighted by Crippen LogP contribution is 2.26. The minimum atomic E-state index is -0.304. The lowest BCUT2D eigenvalue weighted by Crippen LogP contribution is -2.19. The molecule has 0 amide bonds. The molecule has 7 heteroatoms. The summed E-state index contributed by atoms with van der Waals surface area (Å²) in [7, 11) is 0. The predicted octanol–water partition coefficient (Wildman–Crippen LogP) is 3.77. The van der Waals surface area contributed by atoms with Crippen molar-refractivity contribution in [3.8, 4) is 0 Å². The zero-order chi connectivity index (χ0) is 15.4. The van der Waals surface area contributed by atoms with Gasteiger partial charge in [-0.1, -0.05) is 18.9 Å². The van der Waals surface area contributed by atoms with Crippen molar-refractivity contribution < 1.29 is 8.81 Å². The predicted molar refractivity (Wildman–Crippen MR) is 83.0 cm³/mol. The van der Waals surface area contributed by atoms with Gasteiger partial charge in [-0.25, -0.2) is 4.39 Å². The van der Waals surface area contributed by atoms with E-state index in [1.165, 1.54) is 6.07 Å². The molecule has 0 aliphatic carbocycles. The zero-order valence-corrected chi connectivity index (χ0v) is 13.8. The molecule has 0 bridgehead atoms. The Morgan fingerprint density at radius 1 is 1.33 bits per heavy atom. The highest BCUT2D eigenvalue weighted by molar-refractivity contribution is 9.10. The van der Waals surface area contributed by atoms with Gasteiger partial charge in [0.05, 0.1) is 11.0 Å². The van der Waals surface area contributed by atoms with Crippen molar-refractivity contribution in [2.24, 2.45) is 5.92 Å². The van der Waals surface area contributed by atoms with Crippen LogP contribution in [0.4, 0.5) is 16.1 Å². The van der Waals surface area contributed by atoms with E-state index < -0.39 is 0 Å². The van der Waals surface area contributed by atoms with E-state index in [9.17, 15) is 4.39 Å². The summed E-state index contributed by atoms with van der Waals surface area (Å²) in [4.78, 5) is 0. The fraction of sp³-hybridized carbons (Fsp3) is 0.429. The van der Waals surface area contributed by atoms with E-state index >= 15 is 0 Å². The Hall–Kier alpha value is -1.47. The summed E-state index contributed by atoms with van der Waals surface area (Å²) in [5.41, 5.74) is 1.47. The van der Waals surface area contributed by atoms with Crippen LogP contribution in [0.15, 0.2) is 21.0 Å². The lowest BCUT2D eigenvalue weighted by Gasteiger charge is -2.07. The second-order valence-electron chi connectivity index (χ2n) is 5.23. The number of benzene rings is 1. The maximum absolute atomic E-state index is 13.4. The second kappa shape index (κ2) is 7.00. The van der Waals surface area contributed by atoms with Gasteiger partial charge in [0.2, 0.25) is 5.89 Å². The van der Waals surface area contributed by atoms with Crippen molar-refractivity contribution in [2.45, 2.75) is 27.3 Å². The molecular formula is C14H18BrFN4O. The fourth-order valence-electron chi connectivity index (χ4n) is 1.74. The van der Waals surface area contributed by atoms with E-state index in [1.807, 2.05) is 0 Å². The maximum atomic E-state index is 13.4. The molecule has 0 unspecified atom stereocenters. The number of aryl methyl sites for hydroxylation is 1. The van der Waals surface area contributed by atoms with Gasteiger partial charge in [-0.15, -0.1) is 5.10 Å². The first-order valence-electron chi connectivity index (χ1n) is 6.71. The number of anilines is 2. The van der Waals surface area contributed by atoms with Crippen LogP contribution in [0, 0.1) is 18.7 Å². The minimum Gasteiger partial charge on any atom is -0.406 e. The maximum Gasteiger partial charge on any atom is 0.320 e. The summed E-state index contributed by atoms with van der Waals surface area (Å²) in [6.45, 7) is 7.47. The average molecular weight is 357 g/mol. The summed E-state index contributed by atoms with van der Waals surface area (Å²) in [5.74, 6) is 0.767. The van der Waals surface area contributed by atoms with E-state index in [0.29, 0.717) is 28.5 Å². The Morgan fingerprint density at radius 3 is 2.81 bits per heavy atom. The molecule has 2 N–H and O–H groups in total. The van der Waals surface area contributed by atoms with Crippen LogP contribution in [0.1, 0.15) is 25.3 Å². The molecule has 5 nitrogen and oxygen atoms in total. The van der Waals surface area contributed by atoms with Crippen LogP contribution in [0.3, 0.4) is 0 Å². The first kappa shape index (κ1) is 15.9. The molecule has 1 heterocycles. The lowest BCUT2D eigenvalue weighted by atomic mass is 10.2. The molecule has 1 aromatic carbocycles. The summed E-state index contributed by atoms with van der Waals surface area (Å²) in [5, 5.41) is 14.1. The van der Waals surface area contributed by atoms with Gasteiger partial charge in [-0.2, -0.15) is 0 Å². The Kier molecular flexibility index (Phi) is 5.30. The summed E-state index contributed by atoms with van der Waals surface area (Å²) >= 11 is 3.15. The topological polar surface area (TPSA) is 63.0 Å². The molecule has 2 rings (SSSR count). The van der Waals surface area contributed by atoms with E-state index in [2.05, 4.69) is 50.6 Å². The summed E-state index contributed by atoms with van der Waals surface area (Å²) in [6.07, 6.45) is 0. The largest absolute Gasteiger partial charge is 0.406 e. The number of halogens is 2. The van der Waals surface area contributed by atoms with Gasteiger partial charge < -0.3 is 15.1 Å². The molecule has 1 aromatic heterocycles. The molecular weight excluding hydrogens is 339 g/mol. The van der Waals surface area contributed by atoms with E-state index in [-0.39, 0.29) is 11.8 Å². The molecule has 0 spiro atoms. The summed E-state index contributed by atoms with van der Waals surface area (Å²) in [6, 6.07) is 3.37. The Balaban J connectivity index is 2.01. The SMILES string of the molecule is Cc1cc(F)c(Br)cc1Nc1nnc(CNCC(C)C)o1. The monoisotopic (exact) mass is 356 g/mol. The highest BCUT2D eigenvalue weighted by atomic mass is 79.9. The second-order valence-corrected chi connectivity index (χ2v) is 6.09. The van der Waals surface area contributed by atoms with E-state index in [1.54, 1.807) is 13.0 Å². The number of nitrogens with one attached hydrogen (secondary N) is 2. The average Bonchev–Trinajstić information content (AvgIpc) is 2.83. The van der Waals surface area contributed by atoms with E-state index in [4.69, 9.17) is 4.42 Å². The van der Waals surface area contributed by atoms with Gasteiger partial charge in [0, 0.05) is 5.69 Å². The van der Waals surface area contributed by atoms with Gasteiger partial charge in [0.15, 0.2) is 0 Å². The number of hydrogen-bond acceptors (Lipinski definition) is 5. The molecule has 0 atom stereocenters. The van der Waals surface area contributed by atoms with E-state index in [0.717, 1.165) is 12.1 Å². The first-order chi connectivity index (χ1) is 9.95. The Bertz CT molecular complexity index is 615. The van der Waals surface area contributed by atoms with Gasteiger partial charge in [-0.05, 0) is 53.0 Å². The van der Waals surface area contributed by atoms with Crippen LogP contribution >= 0.6 is 15.9 Å². The van der Waals surface area contributed by atoms with Gasteiger partial charge in [0.1, 0.15) is 5.82 Å². The van der Waals surface area contributed by atoms with Crippen LogP contribution in [0.2, 0.25) is 0 Å². The number of hydrogen-bond donors (Lipinski definition) is 2. The van der Waals surface area contributed by atoms with Crippen molar-refractivity contribution in [1.82, 2.24) is 15.5 Å². The van der Waals surface area contributed by atoms with Gasteiger partial charge in [0.25, 0.3) is 0 Å². The number of nitrogens with zero attached hydrogens (tertiary/aromatic N) is 2. The van der Waals surface area contributed by atoms with Crippen LogP contribution in [-0.2, 0) is 6.54 Å². The molecule has 0 aliphatic heterocycles. The molecule has 0 saturated carbocycles. The molecule has 2 aromatic rings. The molecule has 0 aliphatic rings. The van der Waals surface area contributed by atoms with Gasteiger partial charge >= 0.3 is 6.01 Å². The molecule has 0 saturated heterocycles. The standard InChI is InChI=1S/C14H18BrFN4O/c1-8(2)6-17-7-13-19-20-14(21-13)18-12-5-10(15)11(16)4-9(12)3/h4-5,8,17H,6-7H2,1-3H3,(H,18,20). The Morgan fingerprint density at radius 2 is 2.10 bits per heavy atom. The quantitative estimate of drug-likeness (QED) is 0.824. The third-order valence-electron chi connectivity index (χ3n) is 2.80. The fourth-order valence-corrected chi connectivity index (χ4v) is 2.08. The molecule has 0 radical (unpaired) electrons. The molecule has 21 heavy (non-hydrogen) atoms. The zero-order valence-electron chi connectivity index (χ0n) is 12.2. The van der Waals surface area contributed by atoms with Crippen LogP contribution in [0.25, 0.3) is 0 Å². The molecule has 0 fully saturated rings. The van der Waals surface area contributed by atoms with Crippen LogP contribution in [-0.4, -0.2) is 16.7 Å². The Labute approximate surface area is 131 Å². The number of aromatic nitrogens is 2. The number of rotatable bonds is 6.